The fraction of sp³-hybridized carbons (Fsp3) is 0.538. The van der Waals surface area contributed by atoms with Crippen LogP contribution in [0, 0.1) is 11.7 Å². The fourth-order valence-electron chi connectivity index (χ4n) is 2.29. The molecule has 3 heteroatoms. The van der Waals surface area contributed by atoms with Crippen molar-refractivity contribution in [1.82, 2.24) is 0 Å². The lowest BCUT2D eigenvalue weighted by molar-refractivity contribution is 0.373. The molecule has 0 amide bonds. The van der Waals surface area contributed by atoms with E-state index in [1.165, 1.54) is 32.1 Å². The van der Waals surface area contributed by atoms with Crippen LogP contribution in [0.1, 0.15) is 32.1 Å². The van der Waals surface area contributed by atoms with Crippen LogP contribution in [0.3, 0.4) is 0 Å². The van der Waals surface area contributed by atoms with Gasteiger partial charge in [0.25, 0.3) is 0 Å². The zero-order chi connectivity index (χ0) is 11.4. The van der Waals surface area contributed by atoms with E-state index >= 15 is 0 Å². The Balaban J connectivity index is 1.91. The van der Waals surface area contributed by atoms with Crippen molar-refractivity contribution in [2.24, 2.45) is 5.92 Å². The molecule has 0 aliphatic heterocycles. The van der Waals surface area contributed by atoms with Crippen molar-refractivity contribution in [1.29, 1.82) is 0 Å². The van der Waals surface area contributed by atoms with Crippen LogP contribution < -0.4 is 5.32 Å². The third-order valence-electron chi connectivity index (χ3n) is 3.26. The standard InChI is InChI=1S/C13H17ClFN/c14-11-7-4-8-12(13(11)15)16-9-10-5-2-1-3-6-10/h4,7-8,10,16H,1-3,5-6,9H2. The van der Waals surface area contributed by atoms with Gasteiger partial charge >= 0.3 is 0 Å². The van der Waals surface area contributed by atoms with E-state index in [1.54, 1.807) is 18.2 Å². The van der Waals surface area contributed by atoms with Crippen molar-refractivity contribution in [3.05, 3.63) is 29.0 Å². The van der Waals surface area contributed by atoms with Crippen LogP contribution in [0.4, 0.5) is 10.1 Å². The van der Waals surface area contributed by atoms with Crippen molar-refractivity contribution in [3.8, 4) is 0 Å². The van der Waals surface area contributed by atoms with Gasteiger partial charge in [-0.1, -0.05) is 36.9 Å². The molecule has 1 aromatic rings. The fourth-order valence-corrected chi connectivity index (χ4v) is 2.46. The summed E-state index contributed by atoms with van der Waals surface area (Å²) < 4.78 is 13.6. The molecule has 88 valence electrons. The van der Waals surface area contributed by atoms with Crippen LogP contribution in [0.2, 0.25) is 5.02 Å². The van der Waals surface area contributed by atoms with Crippen molar-refractivity contribution >= 4 is 17.3 Å². The number of hydrogen-bond acceptors (Lipinski definition) is 1. The molecule has 1 N–H and O–H groups in total. The second kappa shape index (κ2) is 5.53. The smallest absolute Gasteiger partial charge is 0.164 e. The summed E-state index contributed by atoms with van der Waals surface area (Å²) in [4.78, 5) is 0. The monoisotopic (exact) mass is 241 g/mol. The molecule has 0 heterocycles. The highest BCUT2D eigenvalue weighted by atomic mass is 35.5. The molecule has 1 aromatic carbocycles. The Kier molecular flexibility index (Phi) is 4.05. The highest BCUT2D eigenvalue weighted by Crippen LogP contribution is 2.26. The largest absolute Gasteiger partial charge is 0.382 e. The second-order valence-electron chi connectivity index (χ2n) is 4.49. The van der Waals surface area contributed by atoms with Crippen LogP contribution in [-0.4, -0.2) is 6.54 Å². The van der Waals surface area contributed by atoms with Gasteiger partial charge < -0.3 is 5.32 Å². The maximum absolute atomic E-state index is 13.6. The molecular weight excluding hydrogens is 225 g/mol. The van der Waals surface area contributed by atoms with E-state index in [0.717, 1.165) is 6.54 Å². The van der Waals surface area contributed by atoms with Crippen LogP contribution >= 0.6 is 11.6 Å². The van der Waals surface area contributed by atoms with Crippen molar-refractivity contribution < 1.29 is 4.39 Å². The molecule has 0 unspecified atom stereocenters. The zero-order valence-corrected chi connectivity index (χ0v) is 10.1. The molecule has 1 aliphatic rings. The summed E-state index contributed by atoms with van der Waals surface area (Å²) in [5, 5.41) is 3.35. The predicted octanol–water partition coefficient (Wildman–Crippen LogP) is 4.47. The Hall–Kier alpha value is -0.760. The van der Waals surface area contributed by atoms with Gasteiger partial charge in [-0.2, -0.15) is 0 Å². The van der Waals surface area contributed by atoms with Gasteiger partial charge in [0.1, 0.15) is 0 Å². The summed E-state index contributed by atoms with van der Waals surface area (Å²) in [6, 6.07) is 5.08. The van der Waals surface area contributed by atoms with Crippen molar-refractivity contribution in [2.75, 3.05) is 11.9 Å². The first kappa shape index (κ1) is 11.7. The van der Waals surface area contributed by atoms with Crippen molar-refractivity contribution in [2.45, 2.75) is 32.1 Å². The molecule has 1 aliphatic carbocycles. The summed E-state index contributed by atoms with van der Waals surface area (Å²) in [5.41, 5.74) is 0.526. The molecule has 1 nitrogen and oxygen atoms in total. The molecule has 2 rings (SSSR count). The van der Waals surface area contributed by atoms with Crippen LogP contribution in [-0.2, 0) is 0 Å². The van der Waals surface area contributed by atoms with E-state index in [9.17, 15) is 4.39 Å². The summed E-state index contributed by atoms with van der Waals surface area (Å²) in [5.74, 6) is 0.354. The summed E-state index contributed by atoms with van der Waals surface area (Å²) in [6.45, 7) is 0.858. The summed E-state index contributed by atoms with van der Waals surface area (Å²) in [7, 11) is 0. The lowest BCUT2D eigenvalue weighted by Gasteiger charge is -2.22. The van der Waals surface area contributed by atoms with Gasteiger partial charge in [0.2, 0.25) is 0 Å². The lowest BCUT2D eigenvalue weighted by Crippen LogP contribution is -2.17. The SMILES string of the molecule is Fc1c(Cl)cccc1NCC1CCCCC1. The number of hydrogen-bond donors (Lipinski definition) is 1. The average molecular weight is 242 g/mol. The first-order valence-electron chi connectivity index (χ1n) is 5.95. The van der Waals surface area contributed by atoms with E-state index in [1.807, 2.05) is 0 Å². The minimum absolute atomic E-state index is 0.189. The van der Waals surface area contributed by atoms with E-state index in [0.29, 0.717) is 11.6 Å². The number of halogens is 2. The average Bonchev–Trinajstić information content (AvgIpc) is 2.32. The van der Waals surface area contributed by atoms with Gasteiger partial charge in [-0.05, 0) is 30.9 Å². The molecule has 0 atom stereocenters. The highest BCUT2D eigenvalue weighted by molar-refractivity contribution is 6.31. The minimum Gasteiger partial charge on any atom is -0.382 e. The van der Waals surface area contributed by atoms with Crippen LogP contribution in [0.5, 0.6) is 0 Å². The topological polar surface area (TPSA) is 12.0 Å². The van der Waals surface area contributed by atoms with Crippen molar-refractivity contribution in [3.63, 3.8) is 0 Å². The number of nitrogens with one attached hydrogen (secondary N) is 1. The first-order valence-corrected chi connectivity index (χ1v) is 6.33. The summed E-state index contributed by atoms with van der Waals surface area (Å²) in [6.07, 6.45) is 6.49. The van der Waals surface area contributed by atoms with Crippen LogP contribution in [0.15, 0.2) is 18.2 Å². The molecule has 16 heavy (non-hydrogen) atoms. The molecule has 1 fully saturated rings. The number of benzene rings is 1. The van der Waals surface area contributed by atoms with Gasteiger partial charge in [0.15, 0.2) is 5.82 Å². The Morgan fingerprint density at radius 1 is 1.25 bits per heavy atom. The number of anilines is 1. The minimum atomic E-state index is -0.333. The van der Waals surface area contributed by atoms with E-state index < -0.39 is 0 Å². The molecular formula is C13H17ClFN. The van der Waals surface area contributed by atoms with Gasteiger partial charge in [0, 0.05) is 6.54 Å². The third kappa shape index (κ3) is 2.88. The Morgan fingerprint density at radius 3 is 2.75 bits per heavy atom. The second-order valence-corrected chi connectivity index (χ2v) is 4.89. The van der Waals surface area contributed by atoms with Gasteiger partial charge in [0.05, 0.1) is 10.7 Å². The summed E-state index contributed by atoms with van der Waals surface area (Å²) >= 11 is 5.72. The highest BCUT2D eigenvalue weighted by Gasteiger charge is 2.14. The Morgan fingerprint density at radius 2 is 2.00 bits per heavy atom. The van der Waals surface area contributed by atoms with Gasteiger partial charge in [-0.25, -0.2) is 4.39 Å². The zero-order valence-electron chi connectivity index (χ0n) is 9.31. The predicted molar refractivity (Wildman–Crippen MR) is 66.5 cm³/mol. The lowest BCUT2D eigenvalue weighted by atomic mass is 9.89. The third-order valence-corrected chi connectivity index (χ3v) is 3.55. The maximum Gasteiger partial charge on any atom is 0.164 e. The van der Waals surface area contributed by atoms with Gasteiger partial charge in [-0.15, -0.1) is 0 Å². The molecule has 0 saturated heterocycles. The quantitative estimate of drug-likeness (QED) is 0.823. The molecule has 1 saturated carbocycles. The first-order chi connectivity index (χ1) is 7.77. The van der Waals surface area contributed by atoms with Gasteiger partial charge in [-0.3, -0.25) is 0 Å². The van der Waals surface area contributed by atoms with E-state index in [4.69, 9.17) is 11.6 Å². The molecule has 0 bridgehead atoms. The molecule has 0 radical (unpaired) electrons. The Labute approximate surface area is 101 Å². The molecule has 0 spiro atoms. The van der Waals surface area contributed by atoms with E-state index in [-0.39, 0.29) is 10.8 Å². The van der Waals surface area contributed by atoms with E-state index in [2.05, 4.69) is 5.32 Å². The van der Waals surface area contributed by atoms with Crippen LogP contribution in [0.25, 0.3) is 0 Å². The number of rotatable bonds is 3. The Bertz CT molecular complexity index is 348. The molecule has 0 aromatic heterocycles. The normalized spacial score (nSPS) is 17.4. The maximum atomic E-state index is 13.6.